The van der Waals surface area contributed by atoms with Crippen LogP contribution in [0, 0.1) is 17.8 Å². The van der Waals surface area contributed by atoms with Crippen molar-refractivity contribution in [2.75, 3.05) is 6.51 Å². The maximum Gasteiger partial charge on any atom is 1.00 e. The van der Waals surface area contributed by atoms with Crippen LogP contribution in [0.25, 0.3) is 0 Å². The van der Waals surface area contributed by atoms with E-state index in [1.165, 1.54) is 0 Å². The Kier molecular flexibility index (Phi) is 8.57. The molecule has 0 aromatic rings. The van der Waals surface area contributed by atoms with Gasteiger partial charge in [0.25, 0.3) is 0 Å². The minimum atomic E-state index is -4.81. The average Bonchev–Trinajstić information content (AvgIpc) is 2.13. The van der Waals surface area contributed by atoms with Gasteiger partial charge >= 0.3 is 58.4 Å². The first-order valence-electron chi connectivity index (χ1n) is 6.12. The van der Waals surface area contributed by atoms with Gasteiger partial charge in [0.2, 0.25) is 0 Å². The van der Waals surface area contributed by atoms with Crippen LogP contribution >= 0.6 is 0 Å². The molecule has 0 aliphatic heterocycles. The standard InChI is InChI=1S/C11H21BF3O.K/c1-8(2)10-5-4-9(3)6-11(10)16-7-12(13,14)15;/h8-11H,4-7H2,1-3H3;/q-1;+1. The Morgan fingerprint density at radius 1 is 1.24 bits per heavy atom. The minimum absolute atomic E-state index is 0. The van der Waals surface area contributed by atoms with Gasteiger partial charge in [0.15, 0.2) is 0 Å². The van der Waals surface area contributed by atoms with Crippen LogP contribution in [0.2, 0.25) is 0 Å². The summed E-state index contributed by atoms with van der Waals surface area (Å²) >= 11 is 0. The SMILES string of the molecule is CC1CCC(C(C)C)C(OC[B-](F)(F)F)C1.[K+]. The van der Waals surface area contributed by atoms with E-state index in [1.54, 1.807) is 0 Å². The molecule has 0 saturated heterocycles. The number of hydrogen-bond acceptors (Lipinski definition) is 1. The van der Waals surface area contributed by atoms with Gasteiger partial charge in [-0.1, -0.05) is 27.2 Å². The summed E-state index contributed by atoms with van der Waals surface area (Å²) in [6, 6.07) is 0. The molecule has 0 radical (unpaired) electrons. The zero-order chi connectivity index (χ0) is 12.3. The van der Waals surface area contributed by atoms with E-state index in [0.29, 0.717) is 11.8 Å². The molecule has 0 spiro atoms. The average molecular weight is 276 g/mol. The van der Waals surface area contributed by atoms with Gasteiger partial charge in [0.1, 0.15) is 0 Å². The van der Waals surface area contributed by atoms with Crippen molar-refractivity contribution in [2.24, 2.45) is 17.8 Å². The van der Waals surface area contributed by atoms with Crippen LogP contribution in [0.1, 0.15) is 40.0 Å². The summed E-state index contributed by atoms with van der Waals surface area (Å²) in [5, 5.41) is 0. The van der Waals surface area contributed by atoms with Gasteiger partial charge in [0, 0.05) is 6.51 Å². The van der Waals surface area contributed by atoms with Crippen LogP contribution < -0.4 is 51.4 Å². The van der Waals surface area contributed by atoms with Crippen molar-refractivity contribution in [3.8, 4) is 0 Å². The van der Waals surface area contributed by atoms with E-state index in [-0.39, 0.29) is 63.4 Å². The minimum Gasteiger partial charge on any atom is -0.447 e. The Morgan fingerprint density at radius 2 is 1.82 bits per heavy atom. The molecule has 0 bridgehead atoms. The van der Waals surface area contributed by atoms with Gasteiger partial charge in [0.05, 0.1) is 6.10 Å². The fourth-order valence-electron chi connectivity index (χ4n) is 2.54. The maximum atomic E-state index is 12.2. The quantitative estimate of drug-likeness (QED) is 0.692. The molecule has 1 saturated carbocycles. The Bertz CT molecular complexity index is 223. The van der Waals surface area contributed by atoms with E-state index in [1.807, 2.05) is 0 Å². The molecule has 96 valence electrons. The van der Waals surface area contributed by atoms with Crippen LogP contribution in [0.3, 0.4) is 0 Å². The second-order valence-electron chi connectivity index (χ2n) is 5.41. The normalized spacial score (nSPS) is 30.2. The van der Waals surface area contributed by atoms with E-state index in [9.17, 15) is 12.9 Å². The number of halogens is 3. The molecular formula is C11H21BF3KO. The van der Waals surface area contributed by atoms with Crippen molar-refractivity contribution in [3.63, 3.8) is 0 Å². The summed E-state index contributed by atoms with van der Waals surface area (Å²) in [6.45, 7) is 0.368. The van der Waals surface area contributed by atoms with Crippen molar-refractivity contribution in [3.05, 3.63) is 0 Å². The maximum absolute atomic E-state index is 12.2. The number of ether oxygens (including phenoxy) is 1. The molecule has 1 aliphatic rings. The van der Waals surface area contributed by atoms with Crippen molar-refractivity contribution in [1.29, 1.82) is 0 Å². The zero-order valence-corrected chi connectivity index (χ0v) is 14.4. The van der Waals surface area contributed by atoms with Crippen molar-refractivity contribution >= 4 is 6.98 Å². The van der Waals surface area contributed by atoms with Crippen LogP contribution in [0.15, 0.2) is 0 Å². The predicted molar refractivity (Wildman–Crippen MR) is 60.2 cm³/mol. The smallest absolute Gasteiger partial charge is 0.447 e. The first kappa shape index (κ1) is 18.5. The largest absolute Gasteiger partial charge is 1.00 e. The summed E-state index contributed by atoms with van der Waals surface area (Å²) in [5.74, 6) is 1.17. The Morgan fingerprint density at radius 3 is 2.29 bits per heavy atom. The molecule has 6 heteroatoms. The summed E-state index contributed by atoms with van der Waals surface area (Å²) in [5.41, 5.74) is 0. The summed E-state index contributed by atoms with van der Waals surface area (Å²) in [7, 11) is 0. The molecule has 1 aliphatic carbocycles. The first-order valence-corrected chi connectivity index (χ1v) is 6.12. The molecule has 0 aromatic carbocycles. The van der Waals surface area contributed by atoms with Gasteiger partial charge in [-0.3, -0.25) is 0 Å². The van der Waals surface area contributed by atoms with Gasteiger partial charge in [-0.15, -0.1) is 0 Å². The second kappa shape index (κ2) is 7.90. The van der Waals surface area contributed by atoms with E-state index in [0.717, 1.165) is 19.3 Å². The van der Waals surface area contributed by atoms with Crippen LogP contribution in [-0.2, 0) is 4.74 Å². The molecule has 1 nitrogen and oxygen atoms in total. The molecule has 3 atom stereocenters. The third-order valence-electron chi connectivity index (χ3n) is 3.46. The third kappa shape index (κ3) is 6.97. The third-order valence-corrected chi connectivity index (χ3v) is 3.46. The fraction of sp³-hybridized carbons (Fsp3) is 1.00. The van der Waals surface area contributed by atoms with Crippen molar-refractivity contribution in [1.82, 2.24) is 0 Å². The van der Waals surface area contributed by atoms with E-state index >= 15 is 0 Å². The summed E-state index contributed by atoms with van der Waals surface area (Å²) < 4.78 is 41.6. The summed E-state index contributed by atoms with van der Waals surface area (Å²) in [4.78, 5) is 0. The summed E-state index contributed by atoms with van der Waals surface area (Å²) in [6.07, 6.45) is 2.68. The van der Waals surface area contributed by atoms with Gasteiger partial charge in [-0.25, -0.2) is 0 Å². The first-order chi connectivity index (χ1) is 7.29. The predicted octanol–water partition coefficient (Wildman–Crippen LogP) is 0.854. The van der Waals surface area contributed by atoms with E-state index in [4.69, 9.17) is 4.74 Å². The molecule has 0 heterocycles. The van der Waals surface area contributed by atoms with Gasteiger partial charge in [-0.05, 0) is 30.6 Å². The zero-order valence-electron chi connectivity index (χ0n) is 11.3. The Labute approximate surface area is 145 Å². The Balaban J connectivity index is 0.00000256. The van der Waals surface area contributed by atoms with Gasteiger partial charge < -0.3 is 17.7 Å². The monoisotopic (exact) mass is 276 g/mol. The van der Waals surface area contributed by atoms with Gasteiger partial charge in [-0.2, -0.15) is 0 Å². The fourth-order valence-corrected chi connectivity index (χ4v) is 2.54. The molecule has 0 amide bonds. The van der Waals surface area contributed by atoms with Crippen LogP contribution in [0.5, 0.6) is 0 Å². The molecule has 0 N–H and O–H groups in total. The van der Waals surface area contributed by atoms with E-state index in [2.05, 4.69) is 20.8 Å². The van der Waals surface area contributed by atoms with Crippen LogP contribution in [-0.4, -0.2) is 19.6 Å². The Hall–Kier alpha value is 1.45. The molecule has 1 fully saturated rings. The number of rotatable bonds is 4. The van der Waals surface area contributed by atoms with Crippen LogP contribution in [0.4, 0.5) is 12.9 Å². The van der Waals surface area contributed by atoms with E-state index < -0.39 is 13.5 Å². The molecule has 1 rings (SSSR count). The molecular weight excluding hydrogens is 255 g/mol. The molecule has 0 aromatic heterocycles. The second-order valence-corrected chi connectivity index (χ2v) is 5.41. The molecule has 17 heavy (non-hydrogen) atoms. The number of hydrogen-bond donors (Lipinski definition) is 0. The van der Waals surface area contributed by atoms with Crippen molar-refractivity contribution in [2.45, 2.75) is 46.1 Å². The topological polar surface area (TPSA) is 9.23 Å². The van der Waals surface area contributed by atoms with Crippen molar-refractivity contribution < 1.29 is 69.1 Å². The molecule has 3 unspecified atom stereocenters.